The van der Waals surface area contributed by atoms with Gasteiger partial charge in [-0.3, -0.25) is 0 Å². The van der Waals surface area contributed by atoms with Crippen LogP contribution in [-0.2, 0) is 0 Å². The lowest BCUT2D eigenvalue weighted by molar-refractivity contribution is 0.0750. The first kappa shape index (κ1) is 9.71. The molecule has 0 amide bonds. The van der Waals surface area contributed by atoms with Gasteiger partial charge in [0.2, 0.25) is 0 Å². The fourth-order valence-corrected chi connectivity index (χ4v) is 2.51. The van der Waals surface area contributed by atoms with Gasteiger partial charge >= 0.3 is 0 Å². The van der Waals surface area contributed by atoms with Gasteiger partial charge in [0, 0.05) is 12.4 Å². The molecule has 1 aromatic rings. The molecule has 3 nitrogen and oxygen atoms in total. The van der Waals surface area contributed by atoms with Crippen molar-refractivity contribution in [3.05, 3.63) is 18.7 Å². The van der Waals surface area contributed by atoms with E-state index in [0.717, 1.165) is 12.8 Å². The second kappa shape index (κ2) is 3.73. The molecule has 1 aliphatic carbocycles. The van der Waals surface area contributed by atoms with Crippen LogP contribution in [0.4, 0.5) is 0 Å². The normalized spacial score (nSPS) is 32.7. The first-order valence-electron chi connectivity index (χ1n) is 5.35. The highest BCUT2D eigenvalue weighted by molar-refractivity contribution is 4.93. The number of hydrogen-bond donors (Lipinski definition) is 1. The van der Waals surface area contributed by atoms with Gasteiger partial charge in [0.1, 0.15) is 0 Å². The van der Waals surface area contributed by atoms with E-state index in [4.69, 9.17) is 0 Å². The Morgan fingerprint density at radius 3 is 2.71 bits per heavy atom. The summed E-state index contributed by atoms with van der Waals surface area (Å²) in [6.07, 6.45) is 7.51. The first-order chi connectivity index (χ1) is 6.70. The molecule has 0 unspecified atom stereocenters. The summed E-state index contributed by atoms with van der Waals surface area (Å²) in [7, 11) is 0. The van der Waals surface area contributed by atoms with Crippen LogP contribution in [0.25, 0.3) is 0 Å². The molecular formula is C11H18N2O. The molecule has 0 saturated heterocycles. The maximum atomic E-state index is 10.1. The van der Waals surface area contributed by atoms with Gasteiger partial charge in [-0.2, -0.15) is 0 Å². The summed E-state index contributed by atoms with van der Waals surface area (Å²) in [6.45, 7) is 4.37. The van der Waals surface area contributed by atoms with Crippen LogP contribution in [0.2, 0.25) is 0 Å². The van der Waals surface area contributed by atoms with E-state index < -0.39 is 0 Å². The Bertz CT molecular complexity index is 281. The molecule has 1 aromatic heterocycles. The second-order valence-electron chi connectivity index (χ2n) is 4.55. The Hall–Kier alpha value is -0.830. The highest BCUT2D eigenvalue weighted by Gasteiger charge is 2.36. The molecule has 1 fully saturated rings. The van der Waals surface area contributed by atoms with E-state index in [0.29, 0.717) is 11.8 Å². The third-order valence-electron chi connectivity index (χ3n) is 3.39. The molecule has 78 valence electrons. The number of aliphatic hydroxyl groups excluding tert-OH is 1. The fourth-order valence-electron chi connectivity index (χ4n) is 2.51. The molecule has 0 aromatic carbocycles. The van der Waals surface area contributed by atoms with Crippen molar-refractivity contribution in [1.29, 1.82) is 0 Å². The van der Waals surface area contributed by atoms with E-state index >= 15 is 0 Å². The van der Waals surface area contributed by atoms with Crippen molar-refractivity contribution in [2.45, 2.75) is 38.8 Å². The minimum absolute atomic E-state index is 0.204. The summed E-state index contributed by atoms with van der Waals surface area (Å²) >= 11 is 0. The van der Waals surface area contributed by atoms with Gasteiger partial charge in [0.05, 0.1) is 18.5 Å². The molecule has 3 heteroatoms. The lowest BCUT2D eigenvalue weighted by atomic mass is 9.92. The summed E-state index contributed by atoms with van der Waals surface area (Å²) in [6, 6.07) is 0.241. The minimum Gasteiger partial charge on any atom is -0.391 e. The van der Waals surface area contributed by atoms with Crippen LogP contribution in [0, 0.1) is 11.8 Å². The van der Waals surface area contributed by atoms with Gasteiger partial charge in [-0.25, -0.2) is 4.98 Å². The second-order valence-corrected chi connectivity index (χ2v) is 4.55. The number of aromatic nitrogens is 2. The van der Waals surface area contributed by atoms with Crippen LogP contribution < -0.4 is 0 Å². The number of imidazole rings is 1. The van der Waals surface area contributed by atoms with Crippen LogP contribution in [0.1, 0.15) is 32.7 Å². The summed E-state index contributed by atoms with van der Waals surface area (Å²) in [5.41, 5.74) is 0. The zero-order valence-electron chi connectivity index (χ0n) is 8.80. The van der Waals surface area contributed by atoms with Crippen molar-refractivity contribution < 1.29 is 5.11 Å². The number of nitrogens with zero attached hydrogens (tertiary/aromatic N) is 2. The zero-order valence-corrected chi connectivity index (χ0v) is 8.80. The third kappa shape index (κ3) is 1.57. The lowest BCUT2D eigenvalue weighted by Gasteiger charge is -2.22. The molecule has 1 aliphatic rings. The highest BCUT2D eigenvalue weighted by Crippen LogP contribution is 2.38. The smallest absolute Gasteiger partial charge is 0.0949 e. The quantitative estimate of drug-likeness (QED) is 0.780. The van der Waals surface area contributed by atoms with E-state index in [1.54, 1.807) is 12.5 Å². The summed E-state index contributed by atoms with van der Waals surface area (Å²) in [4.78, 5) is 4.02. The largest absolute Gasteiger partial charge is 0.391 e. The minimum atomic E-state index is -0.204. The van der Waals surface area contributed by atoms with Crippen molar-refractivity contribution in [3.8, 4) is 0 Å². The Morgan fingerprint density at radius 1 is 1.43 bits per heavy atom. The van der Waals surface area contributed by atoms with Crippen molar-refractivity contribution >= 4 is 0 Å². The number of aliphatic hydroxyl groups is 1. The maximum Gasteiger partial charge on any atom is 0.0949 e. The molecule has 0 spiro atoms. The molecule has 0 aliphatic heterocycles. The molecule has 1 N–H and O–H groups in total. The molecule has 2 rings (SSSR count). The highest BCUT2D eigenvalue weighted by atomic mass is 16.3. The van der Waals surface area contributed by atoms with E-state index in [1.807, 2.05) is 10.8 Å². The van der Waals surface area contributed by atoms with Crippen LogP contribution in [-0.4, -0.2) is 20.8 Å². The van der Waals surface area contributed by atoms with Crippen molar-refractivity contribution in [2.24, 2.45) is 11.8 Å². The van der Waals surface area contributed by atoms with Gasteiger partial charge < -0.3 is 9.67 Å². The van der Waals surface area contributed by atoms with Gasteiger partial charge in [0.25, 0.3) is 0 Å². The zero-order chi connectivity index (χ0) is 10.1. The fraction of sp³-hybridized carbons (Fsp3) is 0.727. The summed E-state index contributed by atoms with van der Waals surface area (Å²) < 4.78 is 2.03. The van der Waals surface area contributed by atoms with Gasteiger partial charge in [-0.1, -0.05) is 13.8 Å². The Balaban J connectivity index is 2.11. The van der Waals surface area contributed by atoms with E-state index in [-0.39, 0.29) is 12.1 Å². The molecule has 1 saturated carbocycles. The number of rotatable bonds is 2. The summed E-state index contributed by atoms with van der Waals surface area (Å²) in [5, 5.41) is 10.1. The third-order valence-corrected chi connectivity index (χ3v) is 3.39. The monoisotopic (exact) mass is 194 g/mol. The van der Waals surface area contributed by atoms with Crippen LogP contribution in [0.3, 0.4) is 0 Å². The predicted octanol–water partition coefficient (Wildman–Crippen LogP) is 1.85. The molecular weight excluding hydrogens is 176 g/mol. The van der Waals surface area contributed by atoms with Crippen molar-refractivity contribution in [2.75, 3.05) is 0 Å². The predicted molar refractivity (Wildman–Crippen MR) is 54.8 cm³/mol. The van der Waals surface area contributed by atoms with Gasteiger partial charge in [-0.05, 0) is 24.7 Å². The van der Waals surface area contributed by atoms with Gasteiger partial charge in [-0.15, -0.1) is 0 Å². The molecule has 0 radical (unpaired) electrons. The average Bonchev–Trinajstić information content (AvgIpc) is 2.71. The Kier molecular flexibility index (Phi) is 2.59. The van der Waals surface area contributed by atoms with E-state index in [1.165, 1.54) is 0 Å². The van der Waals surface area contributed by atoms with Crippen molar-refractivity contribution in [3.63, 3.8) is 0 Å². The lowest BCUT2D eigenvalue weighted by Crippen LogP contribution is -2.26. The van der Waals surface area contributed by atoms with E-state index in [2.05, 4.69) is 18.8 Å². The maximum absolute atomic E-state index is 10.1. The van der Waals surface area contributed by atoms with Crippen LogP contribution >= 0.6 is 0 Å². The Morgan fingerprint density at radius 2 is 2.21 bits per heavy atom. The molecule has 0 bridgehead atoms. The van der Waals surface area contributed by atoms with Crippen molar-refractivity contribution in [1.82, 2.24) is 9.55 Å². The first-order valence-corrected chi connectivity index (χ1v) is 5.35. The average molecular weight is 194 g/mol. The van der Waals surface area contributed by atoms with Gasteiger partial charge in [0.15, 0.2) is 0 Å². The summed E-state index contributed by atoms with van der Waals surface area (Å²) in [5.74, 6) is 1.01. The van der Waals surface area contributed by atoms with Crippen LogP contribution in [0.5, 0.6) is 0 Å². The standard InChI is InChI=1S/C11H18N2O/c1-8(2)9-3-4-10(11(9)14)13-6-5-12-7-13/h5-11,14H,3-4H2,1-2H3/t9-,10+,11+/m0/s1. The number of hydrogen-bond acceptors (Lipinski definition) is 2. The molecule has 3 atom stereocenters. The SMILES string of the molecule is CC(C)[C@@H]1CC[C@@H](n2ccnc2)[C@@H]1O. The molecule has 14 heavy (non-hydrogen) atoms. The molecule has 1 heterocycles. The Labute approximate surface area is 84.8 Å². The topological polar surface area (TPSA) is 38.0 Å². The van der Waals surface area contributed by atoms with E-state index in [9.17, 15) is 5.11 Å². The van der Waals surface area contributed by atoms with Crippen LogP contribution in [0.15, 0.2) is 18.7 Å².